The number of rotatable bonds is 3. The summed E-state index contributed by atoms with van der Waals surface area (Å²) in [6.07, 6.45) is -4.82. The number of benzene rings is 1. The number of hydrogen-bond acceptors (Lipinski definition) is 4. The highest BCUT2D eigenvalue weighted by Crippen LogP contribution is 2.35. The normalized spacial score (nSPS) is 11.3. The largest absolute Gasteiger partial charge is 0.573 e. The molecule has 1 aromatic heterocycles. The van der Waals surface area contributed by atoms with Crippen molar-refractivity contribution in [3.63, 3.8) is 0 Å². The van der Waals surface area contributed by atoms with Gasteiger partial charge < -0.3 is 9.84 Å². The molecule has 8 heteroatoms. The van der Waals surface area contributed by atoms with Gasteiger partial charge in [-0.15, -0.1) is 24.5 Å². The number of carboxylic acid groups (broad SMARTS) is 1. The highest BCUT2D eigenvalue weighted by atomic mass is 32.1. The summed E-state index contributed by atoms with van der Waals surface area (Å²) in [5.74, 6) is -1.65. The van der Waals surface area contributed by atoms with Gasteiger partial charge in [0.1, 0.15) is 10.8 Å². The summed E-state index contributed by atoms with van der Waals surface area (Å²) in [5, 5.41) is 10.1. The van der Waals surface area contributed by atoms with E-state index in [0.29, 0.717) is 0 Å². The van der Waals surface area contributed by atoms with E-state index < -0.39 is 18.1 Å². The lowest BCUT2D eigenvalue weighted by atomic mass is 10.2. The van der Waals surface area contributed by atoms with Crippen molar-refractivity contribution in [3.05, 3.63) is 35.3 Å². The Kier molecular flexibility index (Phi) is 3.43. The standard InChI is InChI=1S/C11H6F3NO3S/c12-11(13,14)18-8-4-2-1-3-6(8)9-15-7(5-19-9)10(16)17/h1-5H,(H,16,17). The molecule has 0 aliphatic heterocycles. The molecule has 2 aromatic rings. The van der Waals surface area contributed by atoms with E-state index in [1.807, 2.05) is 0 Å². The quantitative estimate of drug-likeness (QED) is 0.940. The number of alkyl halides is 3. The molecule has 0 aliphatic rings. The molecular formula is C11H6F3NO3S. The number of ether oxygens (including phenoxy) is 1. The minimum atomic E-state index is -4.82. The molecule has 0 unspecified atom stereocenters. The first-order valence-electron chi connectivity index (χ1n) is 4.91. The average Bonchev–Trinajstić information content (AvgIpc) is 2.76. The topological polar surface area (TPSA) is 59.4 Å². The molecule has 0 amide bonds. The van der Waals surface area contributed by atoms with Gasteiger partial charge in [-0.1, -0.05) is 12.1 Å². The van der Waals surface area contributed by atoms with Crippen molar-refractivity contribution in [1.29, 1.82) is 0 Å². The second-order valence-corrected chi connectivity index (χ2v) is 4.25. The molecule has 100 valence electrons. The first kappa shape index (κ1) is 13.3. The van der Waals surface area contributed by atoms with Gasteiger partial charge in [0.2, 0.25) is 0 Å². The van der Waals surface area contributed by atoms with Crippen LogP contribution in [0.5, 0.6) is 5.75 Å². The minimum absolute atomic E-state index is 0.0947. The third-order valence-corrected chi connectivity index (χ3v) is 2.94. The molecule has 1 N–H and O–H groups in total. The van der Waals surface area contributed by atoms with E-state index in [0.717, 1.165) is 17.4 Å². The van der Waals surface area contributed by atoms with Gasteiger partial charge in [0, 0.05) is 5.38 Å². The summed E-state index contributed by atoms with van der Waals surface area (Å²) in [7, 11) is 0. The highest BCUT2D eigenvalue weighted by molar-refractivity contribution is 7.13. The summed E-state index contributed by atoms with van der Waals surface area (Å²) in [5.41, 5.74) is -0.126. The van der Waals surface area contributed by atoms with E-state index in [1.54, 1.807) is 0 Å². The molecule has 19 heavy (non-hydrogen) atoms. The Labute approximate surface area is 109 Å². The number of hydrogen-bond donors (Lipinski definition) is 1. The van der Waals surface area contributed by atoms with Crippen LogP contribution in [0.4, 0.5) is 13.2 Å². The molecule has 1 heterocycles. The first-order chi connectivity index (χ1) is 8.87. The van der Waals surface area contributed by atoms with Gasteiger partial charge in [0.25, 0.3) is 0 Å². The number of para-hydroxylation sites is 1. The van der Waals surface area contributed by atoms with Crippen LogP contribution in [-0.4, -0.2) is 22.4 Å². The number of nitrogens with zero attached hydrogens (tertiary/aromatic N) is 1. The van der Waals surface area contributed by atoms with E-state index in [-0.39, 0.29) is 16.3 Å². The molecule has 2 rings (SSSR count). The zero-order valence-electron chi connectivity index (χ0n) is 9.14. The van der Waals surface area contributed by atoms with Crippen LogP contribution in [0.25, 0.3) is 10.6 Å². The predicted molar refractivity (Wildman–Crippen MR) is 61.2 cm³/mol. The summed E-state index contributed by atoms with van der Waals surface area (Å²) < 4.78 is 40.6. The van der Waals surface area contributed by atoms with Crippen molar-refractivity contribution in [1.82, 2.24) is 4.98 Å². The lowest BCUT2D eigenvalue weighted by molar-refractivity contribution is -0.274. The van der Waals surface area contributed by atoms with E-state index in [1.165, 1.54) is 23.6 Å². The fraction of sp³-hybridized carbons (Fsp3) is 0.0909. The number of thiazole rings is 1. The van der Waals surface area contributed by atoms with Crippen LogP contribution in [0.3, 0.4) is 0 Å². The maximum atomic E-state index is 12.2. The number of aromatic carboxylic acids is 1. The van der Waals surface area contributed by atoms with Gasteiger partial charge in [0.05, 0.1) is 5.56 Å². The Morgan fingerprint density at radius 3 is 2.58 bits per heavy atom. The Hall–Kier alpha value is -2.09. The van der Waals surface area contributed by atoms with Crippen LogP contribution in [0.1, 0.15) is 10.5 Å². The third-order valence-electron chi connectivity index (χ3n) is 2.07. The summed E-state index contributed by atoms with van der Waals surface area (Å²) >= 11 is 0.932. The van der Waals surface area contributed by atoms with Gasteiger partial charge in [-0.25, -0.2) is 9.78 Å². The lowest BCUT2D eigenvalue weighted by Gasteiger charge is -2.11. The lowest BCUT2D eigenvalue weighted by Crippen LogP contribution is -2.17. The molecule has 0 atom stereocenters. The SMILES string of the molecule is O=C(O)c1csc(-c2ccccc2OC(F)(F)F)n1. The smallest absolute Gasteiger partial charge is 0.476 e. The maximum Gasteiger partial charge on any atom is 0.573 e. The van der Waals surface area contributed by atoms with Crippen molar-refractivity contribution in [2.75, 3.05) is 0 Å². The molecule has 0 spiro atoms. The van der Waals surface area contributed by atoms with Crippen LogP contribution in [0.2, 0.25) is 0 Å². The van der Waals surface area contributed by atoms with E-state index in [9.17, 15) is 18.0 Å². The van der Waals surface area contributed by atoms with Crippen LogP contribution >= 0.6 is 11.3 Å². The zero-order chi connectivity index (χ0) is 14.0. The first-order valence-corrected chi connectivity index (χ1v) is 5.79. The fourth-order valence-corrected chi connectivity index (χ4v) is 2.18. The zero-order valence-corrected chi connectivity index (χ0v) is 9.96. The van der Waals surface area contributed by atoms with Crippen molar-refractivity contribution in [3.8, 4) is 16.3 Å². The fourth-order valence-electron chi connectivity index (χ4n) is 1.35. The van der Waals surface area contributed by atoms with Gasteiger partial charge in [-0.2, -0.15) is 0 Å². The van der Waals surface area contributed by atoms with Crippen molar-refractivity contribution in [2.45, 2.75) is 6.36 Å². The van der Waals surface area contributed by atoms with Gasteiger partial charge in [0.15, 0.2) is 5.69 Å². The van der Waals surface area contributed by atoms with Crippen molar-refractivity contribution in [2.24, 2.45) is 0 Å². The molecule has 0 fully saturated rings. The number of aromatic nitrogens is 1. The molecule has 0 radical (unpaired) electrons. The third kappa shape index (κ3) is 3.22. The van der Waals surface area contributed by atoms with Gasteiger partial charge >= 0.3 is 12.3 Å². The highest BCUT2D eigenvalue weighted by Gasteiger charge is 2.32. The summed E-state index contributed by atoms with van der Waals surface area (Å²) in [6, 6.07) is 5.42. The van der Waals surface area contributed by atoms with Crippen LogP contribution in [0.15, 0.2) is 29.6 Å². The van der Waals surface area contributed by atoms with Crippen molar-refractivity contribution >= 4 is 17.3 Å². The second kappa shape index (κ2) is 4.88. The van der Waals surface area contributed by atoms with Gasteiger partial charge in [-0.05, 0) is 12.1 Å². The van der Waals surface area contributed by atoms with Gasteiger partial charge in [-0.3, -0.25) is 0 Å². The number of carboxylic acids is 1. The molecular weight excluding hydrogens is 283 g/mol. The predicted octanol–water partition coefficient (Wildman–Crippen LogP) is 3.41. The molecule has 0 aliphatic carbocycles. The van der Waals surface area contributed by atoms with E-state index in [4.69, 9.17) is 5.11 Å². The Morgan fingerprint density at radius 2 is 2.00 bits per heavy atom. The average molecular weight is 289 g/mol. The van der Waals surface area contributed by atoms with Crippen LogP contribution < -0.4 is 4.74 Å². The van der Waals surface area contributed by atoms with Crippen LogP contribution in [0, 0.1) is 0 Å². The minimum Gasteiger partial charge on any atom is -0.476 e. The number of halogens is 3. The summed E-state index contributed by atoms with van der Waals surface area (Å²) in [4.78, 5) is 14.4. The van der Waals surface area contributed by atoms with E-state index >= 15 is 0 Å². The Bertz CT molecular complexity index is 609. The molecule has 0 saturated carbocycles. The Balaban J connectivity index is 2.41. The molecule has 0 bridgehead atoms. The van der Waals surface area contributed by atoms with E-state index in [2.05, 4.69) is 9.72 Å². The monoisotopic (exact) mass is 289 g/mol. The van der Waals surface area contributed by atoms with Crippen molar-refractivity contribution < 1.29 is 27.8 Å². The second-order valence-electron chi connectivity index (χ2n) is 3.39. The van der Waals surface area contributed by atoms with Crippen LogP contribution in [-0.2, 0) is 0 Å². The number of carbonyl (C=O) groups is 1. The molecule has 4 nitrogen and oxygen atoms in total. The molecule has 1 aromatic carbocycles. The molecule has 0 saturated heterocycles. The Morgan fingerprint density at radius 1 is 1.32 bits per heavy atom. The maximum absolute atomic E-state index is 12.2. The summed E-state index contributed by atoms with van der Waals surface area (Å²) in [6.45, 7) is 0.